The molecule has 1 saturated heterocycles. The Morgan fingerprint density at radius 3 is 2.38 bits per heavy atom. The minimum absolute atomic E-state index is 0.00709. The van der Waals surface area contributed by atoms with E-state index in [2.05, 4.69) is 10.6 Å². The first kappa shape index (κ1) is 24.8. The van der Waals surface area contributed by atoms with Crippen LogP contribution in [0.25, 0.3) is 0 Å². The summed E-state index contributed by atoms with van der Waals surface area (Å²) in [5.41, 5.74) is 1.13. The molecule has 2 aliphatic carbocycles. The van der Waals surface area contributed by atoms with Gasteiger partial charge in [-0.2, -0.15) is 4.31 Å². The zero-order chi connectivity index (χ0) is 24.3. The lowest BCUT2D eigenvalue weighted by Gasteiger charge is -2.37. The maximum absolute atomic E-state index is 13.9. The molecule has 0 spiro atoms. The molecule has 184 valence electrons. The number of likely N-dealkylation sites (N-methyl/N-ethyl adjacent to an activating group) is 1. The van der Waals surface area contributed by atoms with Gasteiger partial charge in [-0.3, -0.25) is 9.59 Å². The third-order valence-corrected chi connectivity index (χ3v) is 9.45. The molecule has 4 rings (SSSR count). The molecular weight excluding hydrogens is 450 g/mol. The minimum atomic E-state index is -3.83. The number of piperidine rings is 1. The van der Waals surface area contributed by atoms with Crippen LogP contribution in [0.2, 0.25) is 0 Å². The SMILES string of the molecule is Cc1ccc(S(=O)(=O)N(C)C2(C(=O)C3=CC(NC(=O)C4CCNCC4)=CCC3)CCCC2)cc1. The van der Waals surface area contributed by atoms with Gasteiger partial charge >= 0.3 is 0 Å². The summed E-state index contributed by atoms with van der Waals surface area (Å²) in [6, 6.07) is 6.75. The molecule has 8 heteroatoms. The first-order valence-corrected chi connectivity index (χ1v) is 13.7. The van der Waals surface area contributed by atoms with E-state index in [-0.39, 0.29) is 22.5 Å². The van der Waals surface area contributed by atoms with Crippen molar-refractivity contribution in [2.45, 2.75) is 68.7 Å². The topological polar surface area (TPSA) is 95.6 Å². The van der Waals surface area contributed by atoms with Gasteiger partial charge in [-0.15, -0.1) is 0 Å². The molecule has 3 aliphatic rings. The van der Waals surface area contributed by atoms with E-state index in [9.17, 15) is 18.0 Å². The van der Waals surface area contributed by atoms with E-state index in [1.54, 1.807) is 30.3 Å². The van der Waals surface area contributed by atoms with E-state index < -0.39 is 15.6 Å². The van der Waals surface area contributed by atoms with Gasteiger partial charge in [0.25, 0.3) is 0 Å². The number of amides is 1. The van der Waals surface area contributed by atoms with Crippen molar-refractivity contribution in [3.63, 3.8) is 0 Å². The fourth-order valence-corrected chi connectivity index (χ4v) is 6.86. The minimum Gasteiger partial charge on any atom is -0.326 e. The Kier molecular flexibility index (Phi) is 7.40. The van der Waals surface area contributed by atoms with E-state index in [0.717, 1.165) is 44.3 Å². The summed E-state index contributed by atoms with van der Waals surface area (Å²) in [5.74, 6) is -0.166. The van der Waals surface area contributed by atoms with Crippen molar-refractivity contribution >= 4 is 21.7 Å². The van der Waals surface area contributed by atoms with Crippen molar-refractivity contribution in [3.8, 4) is 0 Å². The van der Waals surface area contributed by atoms with Gasteiger partial charge < -0.3 is 10.6 Å². The molecule has 0 atom stereocenters. The number of allylic oxidation sites excluding steroid dienone is 2. The average molecular weight is 486 g/mol. The van der Waals surface area contributed by atoms with Crippen LogP contribution in [0.1, 0.15) is 56.9 Å². The van der Waals surface area contributed by atoms with Crippen molar-refractivity contribution in [3.05, 3.63) is 53.3 Å². The second-order valence-corrected chi connectivity index (χ2v) is 11.7. The molecule has 1 amide bonds. The molecule has 34 heavy (non-hydrogen) atoms. The third-order valence-electron chi connectivity index (χ3n) is 7.51. The molecule has 2 fully saturated rings. The van der Waals surface area contributed by atoms with Crippen molar-refractivity contribution in [1.29, 1.82) is 0 Å². The highest BCUT2D eigenvalue weighted by molar-refractivity contribution is 7.89. The summed E-state index contributed by atoms with van der Waals surface area (Å²) in [6.07, 6.45) is 9.13. The highest BCUT2D eigenvalue weighted by atomic mass is 32.2. The number of ketones is 1. The molecule has 0 unspecified atom stereocenters. The van der Waals surface area contributed by atoms with E-state index in [1.165, 1.54) is 11.4 Å². The number of carbonyl (C=O) groups excluding carboxylic acids is 2. The van der Waals surface area contributed by atoms with Crippen LogP contribution in [0, 0.1) is 12.8 Å². The van der Waals surface area contributed by atoms with Crippen LogP contribution in [-0.4, -0.2) is 50.1 Å². The van der Waals surface area contributed by atoms with Gasteiger partial charge in [0.15, 0.2) is 5.78 Å². The Bertz CT molecular complexity index is 1090. The van der Waals surface area contributed by atoms with Crippen molar-refractivity contribution in [1.82, 2.24) is 14.9 Å². The largest absolute Gasteiger partial charge is 0.326 e. The van der Waals surface area contributed by atoms with Crippen molar-refractivity contribution < 1.29 is 18.0 Å². The number of sulfonamides is 1. The summed E-state index contributed by atoms with van der Waals surface area (Å²) < 4.78 is 28.3. The molecule has 0 bridgehead atoms. The standard InChI is InChI=1S/C26H35N3O4S/c1-19-8-10-23(11-9-19)34(32,33)29(2)26(14-3-4-15-26)24(30)21-6-5-7-22(18-21)28-25(31)20-12-16-27-17-13-20/h7-11,18,20,27H,3-6,12-17H2,1-2H3,(H,28,31). The maximum atomic E-state index is 13.9. The van der Waals surface area contributed by atoms with E-state index in [1.807, 2.05) is 13.0 Å². The Morgan fingerprint density at radius 2 is 1.74 bits per heavy atom. The molecule has 1 saturated carbocycles. The molecule has 2 N–H and O–H groups in total. The van der Waals surface area contributed by atoms with Crippen LogP contribution in [0.3, 0.4) is 0 Å². The van der Waals surface area contributed by atoms with Crippen LogP contribution < -0.4 is 10.6 Å². The molecule has 1 aliphatic heterocycles. The fraction of sp³-hybridized carbons (Fsp3) is 0.538. The summed E-state index contributed by atoms with van der Waals surface area (Å²) in [5, 5.41) is 6.26. The highest BCUT2D eigenvalue weighted by Crippen LogP contribution is 2.41. The normalized spacial score (nSPS) is 21.1. The zero-order valence-electron chi connectivity index (χ0n) is 20.1. The maximum Gasteiger partial charge on any atom is 0.243 e. The number of hydrogen-bond acceptors (Lipinski definition) is 5. The quantitative estimate of drug-likeness (QED) is 0.618. The van der Waals surface area contributed by atoms with Gasteiger partial charge in [0.05, 0.1) is 10.4 Å². The van der Waals surface area contributed by atoms with Crippen LogP contribution in [-0.2, 0) is 19.6 Å². The second-order valence-electron chi connectivity index (χ2n) is 9.73. The van der Waals surface area contributed by atoms with Crippen LogP contribution in [0.4, 0.5) is 0 Å². The smallest absolute Gasteiger partial charge is 0.243 e. The Hall–Kier alpha value is -2.29. The number of rotatable bonds is 7. The van der Waals surface area contributed by atoms with Gasteiger partial charge in [-0.1, -0.05) is 36.6 Å². The number of aryl methyl sites for hydroxylation is 1. The van der Waals surface area contributed by atoms with Gasteiger partial charge in [-0.05, 0) is 82.3 Å². The number of hydrogen-bond donors (Lipinski definition) is 2. The lowest BCUT2D eigenvalue weighted by atomic mass is 9.84. The number of carbonyl (C=O) groups is 2. The molecule has 0 aromatic heterocycles. The van der Waals surface area contributed by atoms with E-state index >= 15 is 0 Å². The van der Waals surface area contributed by atoms with Crippen LogP contribution in [0.5, 0.6) is 0 Å². The molecule has 7 nitrogen and oxygen atoms in total. The molecular formula is C26H35N3O4S. The molecule has 1 heterocycles. The van der Waals surface area contributed by atoms with Gasteiger partial charge in [0.1, 0.15) is 0 Å². The summed E-state index contributed by atoms with van der Waals surface area (Å²) >= 11 is 0. The average Bonchev–Trinajstić information content (AvgIpc) is 3.35. The first-order chi connectivity index (χ1) is 16.2. The second kappa shape index (κ2) is 10.1. The Morgan fingerprint density at radius 1 is 1.09 bits per heavy atom. The van der Waals surface area contributed by atoms with E-state index in [4.69, 9.17) is 0 Å². The van der Waals surface area contributed by atoms with Gasteiger partial charge in [-0.25, -0.2) is 8.42 Å². The fourth-order valence-electron chi connectivity index (χ4n) is 5.34. The number of Topliss-reactive ketones (excluding diaryl/α,β-unsaturated/α-hetero) is 1. The molecule has 0 radical (unpaired) electrons. The number of benzene rings is 1. The number of nitrogens with zero attached hydrogens (tertiary/aromatic N) is 1. The zero-order valence-corrected chi connectivity index (χ0v) is 20.9. The summed E-state index contributed by atoms with van der Waals surface area (Å²) in [6.45, 7) is 3.58. The van der Waals surface area contributed by atoms with E-state index in [0.29, 0.717) is 37.0 Å². The van der Waals surface area contributed by atoms with Crippen LogP contribution >= 0.6 is 0 Å². The lowest BCUT2D eigenvalue weighted by molar-refractivity contribution is -0.125. The van der Waals surface area contributed by atoms with Gasteiger partial charge in [0.2, 0.25) is 15.9 Å². The predicted molar refractivity (Wildman–Crippen MR) is 131 cm³/mol. The third kappa shape index (κ3) is 4.90. The molecule has 1 aromatic rings. The lowest BCUT2D eigenvalue weighted by Crippen LogP contribution is -2.54. The Labute approximate surface area is 202 Å². The van der Waals surface area contributed by atoms with Crippen molar-refractivity contribution in [2.75, 3.05) is 20.1 Å². The summed E-state index contributed by atoms with van der Waals surface area (Å²) in [7, 11) is -2.29. The molecule has 1 aromatic carbocycles. The monoisotopic (exact) mass is 485 g/mol. The predicted octanol–water partition coefficient (Wildman–Crippen LogP) is 3.22. The summed E-state index contributed by atoms with van der Waals surface area (Å²) in [4.78, 5) is 26.8. The van der Waals surface area contributed by atoms with Crippen LogP contribution in [0.15, 0.2) is 52.6 Å². The Balaban J connectivity index is 1.56. The first-order valence-electron chi connectivity index (χ1n) is 12.3. The van der Waals surface area contributed by atoms with Crippen molar-refractivity contribution in [2.24, 2.45) is 5.92 Å². The number of nitrogens with one attached hydrogen (secondary N) is 2. The van der Waals surface area contributed by atoms with Gasteiger partial charge in [0, 0.05) is 18.7 Å². The highest BCUT2D eigenvalue weighted by Gasteiger charge is 2.50.